The van der Waals surface area contributed by atoms with Gasteiger partial charge < -0.3 is 31.3 Å². The van der Waals surface area contributed by atoms with Gasteiger partial charge in [0.05, 0.1) is 29.8 Å². The van der Waals surface area contributed by atoms with E-state index in [1.54, 1.807) is 12.1 Å². The molecule has 0 radical (unpaired) electrons. The molecule has 1 amide bonds. The van der Waals surface area contributed by atoms with Gasteiger partial charge in [0.25, 0.3) is 12.0 Å². The summed E-state index contributed by atoms with van der Waals surface area (Å²) < 4.78 is 49.0. The molecule has 0 spiro atoms. The predicted molar refractivity (Wildman–Crippen MR) is 165 cm³/mol. The van der Waals surface area contributed by atoms with Gasteiger partial charge in [-0.3, -0.25) is 14.7 Å². The third-order valence-corrected chi connectivity index (χ3v) is 8.12. The van der Waals surface area contributed by atoms with E-state index in [-0.39, 0.29) is 23.2 Å². The average Bonchev–Trinajstić information content (AvgIpc) is 3.60. The summed E-state index contributed by atoms with van der Waals surface area (Å²) in [5.41, 5.74) is 11.6. The minimum atomic E-state index is -4.94. The lowest BCUT2D eigenvalue weighted by Crippen LogP contribution is -2.70. The third-order valence-electron chi connectivity index (χ3n) is 7.24. The molecule has 8 N–H and O–H groups in total. The Morgan fingerprint density at radius 1 is 1.28 bits per heavy atom. The van der Waals surface area contributed by atoms with Crippen molar-refractivity contribution in [3.05, 3.63) is 42.5 Å². The van der Waals surface area contributed by atoms with Crippen molar-refractivity contribution in [2.75, 3.05) is 25.4 Å². The largest absolute Gasteiger partial charge is 0.489 e. The van der Waals surface area contributed by atoms with Crippen LogP contribution in [0.2, 0.25) is 0 Å². The molecule has 1 aliphatic rings. The summed E-state index contributed by atoms with van der Waals surface area (Å²) in [5.74, 6) is -2.90. The Labute approximate surface area is 273 Å². The molecule has 1 unspecified atom stereocenters. The topological polar surface area (TPSA) is 271 Å². The van der Waals surface area contributed by atoms with Gasteiger partial charge in [-0.2, -0.15) is 27.5 Å². The Morgan fingerprint density at radius 2 is 1.98 bits per heavy atom. The summed E-state index contributed by atoms with van der Waals surface area (Å²) in [6.07, 6.45) is 1.50. The summed E-state index contributed by atoms with van der Waals surface area (Å²) in [7, 11) is -3.01. The summed E-state index contributed by atoms with van der Waals surface area (Å²) in [6, 6.07) is 7.02. The molecule has 47 heavy (non-hydrogen) atoms. The fourth-order valence-corrected chi connectivity index (χ4v) is 5.51. The Balaban J connectivity index is 1.41. The van der Waals surface area contributed by atoms with E-state index in [9.17, 15) is 28.2 Å². The number of anilines is 1. The molecule has 0 bridgehead atoms. The van der Waals surface area contributed by atoms with Gasteiger partial charge in [0.1, 0.15) is 12.4 Å². The number of nitrogens with one attached hydrogen (secondary N) is 1. The lowest BCUT2D eigenvalue weighted by molar-refractivity contribution is -0.753. The number of nitrogen functional groups attached to an aromatic ring is 1. The number of amides is 1. The van der Waals surface area contributed by atoms with Crippen LogP contribution in [0.15, 0.2) is 41.8 Å². The number of β-lactam (4-membered cyclic amide) rings is 1. The number of aliphatic hydroxyl groups excluding tert-OH is 1. The fraction of sp³-hybridized carbons (Fsp3) is 0.462. The van der Waals surface area contributed by atoms with Crippen molar-refractivity contribution < 1.29 is 51.3 Å². The van der Waals surface area contributed by atoms with Gasteiger partial charge >= 0.3 is 16.4 Å². The number of aliphatic hydroxyl groups is 1. The summed E-state index contributed by atoms with van der Waals surface area (Å²) in [5, 5.41) is 27.6. The highest BCUT2D eigenvalue weighted by molar-refractivity contribution is 7.80. The number of carboxylic acid groups (broad SMARTS) is 1. The maximum absolute atomic E-state index is 12.5. The molecule has 0 saturated carbocycles. The van der Waals surface area contributed by atoms with Gasteiger partial charge in [-0.25, -0.2) is 4.79 Å². The second kappa shape index (κ2) is 14.7. The lowest BCUT2D eigenvalue weighted by Gasteiger charge is -2.51. The Bertz CT molecular complexity index is 1710. The van der Waals surface area contributed by atoms with E-state index in [4.69, 9.17) is 25.6 Å². The van der Waals surface area contributed by atoms with Gasteiger partial charge in [0.2, 0.25) is 6.20 Å². The first-order valence-corrected chi connectivity index (χ1v) is 16.2. The maximum atomic E-state index is 12.5. The Kier molecular flexibility index (Phi) is 11.1. The van der Waals surface area contributed by atoms with Crippen LogP contribution in [0.25, 0.3) is 11.1 Å². The second-order valence-electron chi connectivity index (χ2n) is 10.9. The zero-order valence-electron chi connectivity index (χ0n) is 25.6. The SMILES string of the molecule is C[n+]1cc(-c2ccc(OC[C@H](O/N=C(/c3nsc(N)n3)C(O)NC[C@@H]3C(=O)N(OS(=O)(=O)O)C3(C)C)C(=O)O)cc2)cn1CCCN. The normalized spacial score (nSPS) is 17.7. The number of hydrogen-bond donors (Lipinski definition) is 6. The van der Waals surface area contributed by atoms with Crippen LogP contribution in [0.5, 0.6) is 5.75 Å². The molecule has 1 aromatic carbocycles. The number of benzene rings is 1. The van der Waals surface area contributed by atoms with Crippen molar-refractivity contribution in [2.24, 2.45) is 23.9 Å². The zero-order chi connectivity index (χ0) is 34.5. The summed E-state index contributed by atoms with van der Waals surface area (Å²) in [4.78, 5) is 33.6. The van der Waals surface area contributed by atoms with Crippen LogP contribution >= 0.6 is 11.5 Å². The molecule has 1 saturated heterocycles. The van der Waals surface area contributed by atoms with Gasteiger partial charge in [0.15, 0.2) is 29.9 Å². The molecule has 0 aliphatic carbocycles. The molecule has 4 rings (SSSR count). The molecule has 256 valence electrons. The first-order chi connectivity index (χ1) is 22.1. The maximum Gasteiger partial charge on any atom is 0.418 e. The van der Waals surface area contributed by atoms with Crippen molar-refractivity contribution in [1.82, 2.24) is 24.4 Å². The minimum absolute atomic E-state index is 0.0238. The Hall–Kier alpha value is -4.25. The number of hydroxylamine groups is 2. The quantitative estimate of drug-likeness (QED) is 0.0244. The first-order valence-electron chi connectivity index (χ1n) is 14.1. The molecule has 21 heteroatoms. The van der Waals surface area contributed by atoms with Crippen LogP contribution in [0, 0.1) is 5.92 Å². The molecule has 3 aromatic rings. The number of hydrogen-bond acceptors (Lipinski definition) is 15. The van der Waals surface area contributed by atoms with E-state index < -0.39 is 52.7 Å². The molecule has 19 nitrogen and oxygen atoms in total. The van der Waals surface area contributed by atoms with Gasteiger partial charge in [-0.1, -0.05) is 17.3 Å². The number of carbonyl (C=O) groups is 2. The number of nitrogens with two attached hydrogens (primary N) is 2. The van der Waals surface area contributed by atoms with E-state index >= 15 is 0 Å². The monoisotopic (exact) mass is 698 g/mol. The minimum Gasteiger partial charge on any atom is -0.489 e. The molecular weight excluding hydrogens is 662 g/mol. The lowest BCUT2D eigenvalue weighted by atomic mass is 9.78. The zero-order valence-corrected chi connectivity index (χ0v) is 27.2. The fourth-order valence-electron chi connectivity index (χ4n) is 4.61. The van der Waals surface area contributed by atoms with Gasteiger partial charge in [0, 0.05) is 18.1 Å². The number of rotatable bonds is 17. The molecule has 3 heterocycles. The van der Waals surface area contributed by atoms with E-state index in [0.717, 1.165) is 35.6 Å². The molecule has 2 aromatic heterocycles. The van der Waals surface area contributed by atoms with E-state index in [0.29, 0.717) is 17.4 Å². The van der Waals surface area contributed by atoms with Gasteiger partial charge in [-0.05, 0) is 44.5 Å². The number of aliphatic carboxylic acids is 1. The van der Waals surface area contributed by atoms with Crippen molar-refractivity contribution in [2.45, 2.75) is 44.7 Å². The highest BCUT2D eigenvalue weighted by Gasteiger charge is 2.56. The molecule has 3 atom stereocenters. The number of oxime groups is 1. The third kappa shape index (κ3) is 8.77. The smallest absolute Gasteiger partial charge is 0.418 e. The average molecular weight is 699 g/mol. The number of aromatic nitrogens is 4. The molecular formula is C26H36N9O10S2+. The highest BCUT2D eigenvalue weighted by Crippen LogP contribution is 2.38. The summed E-state index contributed by atoms with van der Waals surface area (Å²) in [6.45, 7) is 3.63. The highest BCUT2D eigenvalue weighted by atomic mass is 32.3. The second-order valence-corrected chi connectivity index (χ2v) is 12.7. The molecule has 1 fully saturated rings. The van der Waals surface area contributed by atoms with Crippen LogP contribution < -0.4 is 26.2 Å². The van der Waals surface area contributed by atoms with Crippen LogP contribution in [0.3, 0.4) is 0 Å². The predicted octanol–water partition coefficient (Wildman–Crippen LogP) is -1.11. The van der Waals surface area contributed by atoms with Crippen molar-refractivity contribution in [3.63, 3.8) is 0 Å². The van der Waals surface area contributed by atoms with E-state index in [1.807, 2.05) is 40.9 Å². The number of ether oxygens (including phenoxy) is 1. The number of nitrogens with zero attached hydrogens (tertiary/aromatic N) is 6. The van der Waals surface area contributed by atoms with Crippen LogP contribution in [0.4, 0.5) is 5.13 Å². The molecule has 1 aliphatic heterocycles. The van der Waals surface area contributed by atoms with Crippen LogP contribution in [0.1, 0.15) is 26.1 Å². The van der Waals surface area contributed by atoms with Crippen molar-refractivity contribution >= 4 is 44.7 Å². The van der Waals surface area contributed by atoms with Crippen molar-refractivity contribution in [1.29, 1.82) is 0 Å². The van der Waals surface area contributed by atoms with Crippen molar-refractivity contribution in [3.8, 4) is 16.9 Å². The Morgan fingerprint density at radius 3 is 2.55 bits per heavy atom. The van der Waals surface area contributed by atoms with Crippen LogP contribution in [-0.4, -0.2) is 97.4 Å². The standard InChI is InChI=1S/C26H35N9O10S2/c1-26(2)18(23(37)35(26)45-47(40,41)42)11-29-22(36)20(21-30-25(28)46-32-21)31-44-19(24(38)39)14-43-17-7-5-15(6-8-17)16-12-33(3)34(13-16)10-4-9-27/h5-8,12-13,18-19,22,29,36H,4,9-11,14,27H2,1-3H3,(H3-,28,30,32,38,39,40,41,42)/p+1/b31-20-/t18-,19+,22?/m1/s1. The van der Waals surface area contributed by atoms with Gasteiger partial charge in [-0.15, -0.1) is 8.97 Å². The number of carboxylic acids is 1. The number of aryl methyl sites for hydroxylation is 2. The van der Waals surface area contributed by atoms with Crippen LogP contribution in [-0.2, 0) is 42.7 Å². The van der Waals surface area contributed by atoms with E-state index in [1.165, 1.54) is 13.8 Å². The first kappa shape index (κ1) is 35.6. The van der Waals surface area contributed by atoms with E-state index in [2.05, 4.69) is 24.1 Å². The number of carbonyl (C=O) groups excluding carboxylic acids is 1. The summed E-state index contributed by atoms with van der Waals surface area (Å²) >= 11 is 0.784.